The van der Waals surface area contributed by atoms with Crippen molar-refractivity contribution in [1.29, 1.82) is 0 Å². The Hall–Kier alpha value is -2.08. The van der Waals surface area contributed by atoms with Gasteiger partial charge in [-0.25, -0.2) is 4.98 Å². The number of fused-ring (bicyclic) bond motifs is 1. The number of benzene rings is 1. The number of anilines is 1. The zero-order chi connectivity index (χ0) is 15.4. The summed E-state index contributed by atoms with van der Waals surface area (Å²) in [7, 11) is 0. The number of thioether (sulfide) groups is 1. The minimum Gasteiger partial charge on any atom is -0.369 e. The van der Waals surface area contributed by atoms with Crippen LogP contribution in [0.3, 0.4) is 0 Å². The lowest BCUT2D eigenvalue weighted by Gasteiger charge is -2.08. The molecule has 3 aromatic rings. The number of nitrogens with zero attached hydrogens (tertiary/aromatic N) is 4. The van der Waals surface area contributed by atoms with Gasteiger partial charge in [-0.2, -0.15) is 26.4 Å². The summed E-state index contributed by atoms with van der Waals surface area (Å²) in [6.45, 7) is 4.96. The number of nitrogens with one attached hydrogen (secondary N) is 1. The fourth-order valence-electron chi connectivity index (χ4n) is 2.18. The van der Waals surface area contributed by atoms with Crippen LogP contribution in [-0.4, -0.2) is 31.9 Å². The largest absolute Gasteiger partial charge is 0.369 e. The van der Waals surface area contributed by atoms with E-state index >= 15 is 0 Å². The molecule has 3 rings (SSSR count). The van der Waals surface area contributed by atoms with Crippen molar-refractivity contribution >= 4 is 23.4 Å². The van der Waals surface area contributed by atoms with Gasteiger partial charge in [0.25, 0.3) is 5.78 Å². The smallest absolute Gasteiger partial charge is 0.254 e. The predicted molar refractivity (Wildman–Crippen MR) is 91.3 cm³/mol. The van der Waals surface area contributed by atoms with E-state index in [1.165, 1.54) is 17.5 Å². The minimum absolute atomic E-state index is 0.634. The molecule has 6 heteroatoms. The monoisotopic (exact) mass is 313 g/mol. The summed E-state index contributed by atoms with van der Waals surface area (Å²) in [5.74, 6) is 3.65. The number of aromatic nitrogens is 4. The Labute approximate surface area is 134 Å². The summed E-state index contributed by atoms with van der Waals surface area (Å²) in [6, 6.07) is 10.7. The van der Waals surface area contributed by atoms with E-state index in [1.807, 2.05) is 24.8 Å². The fourth-order valence-corrected chi connectivity index (χ4v) is 3.00. The second-order valence-corrected chi connectivity index (χ2v) is 6.32. The van der Waals surface area contributed by atoms with Gasteiger partial charge in [-0.15, -0.1) is 0 Å². The normalized spacial score (nSPS) is 11.0. The highest BCUT2D eigenvalue weighted by molar-refractivity contribution is 7.98. The lowest BCUT2D eigenvalue weighted by molar-refractivity contribution is 0.923. The van der Waals surface area contributed by atoms with E-state index in [0.29, 0.717) is 5.78 Å². The molecule has 0 spiro atoms. The Bertz CT molecular complexity index is 751. The van der Waals surface area contributed by atoms with E-state index < -0.39 is 0 Å². The van der Waals surface area contributed by atoms with Crippen LogP contribution >= 0.6 is 11.8 Å². The molecule has 0 radical (unpaired) electrons. The van der Waals surface area contributed by atoms with Crippen molar-refractivity contribution in [1.82, 2.24) is 19.6 Å². The van der Waals surface area contributed by atoms with Gasteiger partial charge in [0.05, 0.1) is 0 Å². The highest BCUT2D eigenvalue weighted by Crippen LogP contribution is 2.14. The maximum absolute atomic E-state index is 4.33. The maximum atomic E-state index is 4.33. The summed E-state index contributed by atoms with van der Waals surface area (Å²) >= 11 is 1.92. The molecule has 114 valence electrons. The zero-order valence-electron chi connectivity index (χ0n) is 12.8. The van der Waals surface area contributed by atoms with Crippen LogP contribution in [0.1, 0.15) is 16.8 Å². The number of hydrogen-bond donors (Lipinski definition) is 1. The van der Waals surface area contributed by atoms with Crippen LogP contribution in [-0.2, 0) is 5.75 Å². The van der Waals surface area contributed by atoms with Crippen molar-refractivity contribution in [3.63, 3.8) is 0 Å². The Morgan fingerprint density at radius 1 is 1.18 bits per heavy atom. The molecule has 0 saturated carbocycles. The molecule has 1 aromatic carbocycles. The van der Waals surface area contributed by atoms with Crippen molar-refractivity contribution in [3.8, 4) is 0 Å². The van der Waals surface area contributed by atoms with E-state index in [-0.39, 0.29) is 0 Å². The standard InChI is InChI=1S/C16H19N5S/c1-12-3-5-14(6-4-12)10-22-8-7-17-15-9-13(2)20-16-18-11-19-21(15)16/h3-6,9,11,17H,7-8,10H2,1-2H3. The molecule has 0 unspecified atom stereocenters. The first-order valence-electron chi connectivity index (χ1n) is 7.27. The van der Waals surface area contributed by atoms with E-state index in [2.05, 4.69) is 51.6 Å². The predicted octanol–water partition coefficient (Wildman–Crippen LogP) is 3.09. The van der Waals surface area contributed by atoms with E-state index in [1.54, 1.807) is 4.52 Å². The lowest BCUT2D eigenvalue weighted by atomic mass is 10.2. The average Bonchev–Trinajstić information content (AvgIpc) is 2.97. The number of aryl methyl sites for hydroxylation is 2. The van der Waals surface area contributed by atoms with Crippen LogP contribution in [0.25, 0.3) is 5.78 Å². The van der Waals surface area contributed by atoms with Crippen molar-refractivity contribution in [2.24, 2.45) is 0 Å². The fraction of sp³-hybridized carbons (Fsp3) is 0.312. The van der Waals surface area contributed by atoms with Crippen molar-refractivity contribution < 1.29 is 0 Å². The van der Waals surface area contributed by atoms with Crippen LogP contribution in [0.2, 0.25) is 0 Å². The third kappa shape index (κ3) is 3.57. The molecule has 0 saturated heterocycles. The molecule has 0 aliphatic carbocycles. The van der Waals surface area contributed by atoms with Gasteiger partial charge in [0.1, 0.15) is 12.1 Å². The van der Waals surface area contributed by atoms with Crippen LogP contribution < -0.4 is 5.32 Å². The first kappa shape index (κ1) is 14.8. The summed E-state index contributed by atoms with van der Waals surface area (Å²) in [4.78, 5) is 8.46. The van der Waals surface area contributed by atoms with Gasteiger partial charge in [-0.05, 0) is 19.4 Å². The quantitative estimate of drug-likeness (QED) is 0.709. The summed E-state index contributed by atoms with van der Waals surface area (Å²) in [5, 5.41) is 7.60. The SMILES string of the molecule is Cc1ccc(CSCCNc2cc(C)nc3ncnn23)cc1. The molecule has 0 fully saturated rings. The van der Waals surface area contributed by atoms with Gasteiger partial charge in [0.2, 0.25) is 0 Å². The topological polar surface area (TPSA) is 55.1 Å². The van der Waals surface area contributed by atoms with Crippen LogP contribution in [0.15, 0.2) is 36.7 Å². The third-order valence-corrected chi connectivity index (χ3v) is 4.35. The van der Waals surface area contributed by atoms with Crippen LogP contribution in [0, 0.1) is 13.8 Å². The molecular weight excluding hydrogens is 294 g/mol. The highest BCUT2D eigenvalue weighted by atomic mass is 32.2. The van der Waals surface area contributed by atoms with E-state index in [4.69, 9.17) is 0 Å². The van der Waals surface area contributed by atoms with E-state index in [0.717, 1.165) is 29.6 Å². The highest BCUT2D eigenvalue weighted by Gasteiger charge is 2.04. The van der Waals surface area contributed by atoms with Crippen molar-refractivity contribution in [2.75, 3.05) is 17.6 Å². The summed E-state index contributed by atoms with van der Waals surface area (Å²) < 4.78 is 1.73. The number of rotatable bonds is 6. The van der Waals surface area contributed by atoms with Crippen molar-refractivity contribution in [2.45, 2.75) is 19.6 Å². The summed E-state index contributed by atoms with van der Waals surface area (Å²) in [6.07, 6.45) is 1.53. The molecule has 2 heterocycles. The Morgan fingerprint density at radius 2 is 2.00 bits per heavy atom. The first-order chi connectivity index (χ1) is 10.7. The molecule has 2 aromatic heterocycles. The Kier molecular flexibility index (Phi) is 4.58. The minimum atomic E-state index is 0.634. The molecule has 0 aliphatic rings. The summed E-state index contributed by atoms with van der Waals surface area (Å²) in [5.41, 5.74) is 3.62. The van der Waals surface area contributed by atoms with Gasteiger partial charge in [0.15, 0.2) is 0 Å². The second kappa shape index (κ2) is 6.79. The van der Waals surface area contributed by atoms with Gasteiger partial charge in [-0.3, -0.25) is 0 Å². The molecular formula is C16H19N5S. The molecule has 0 bridgehead atoms. The third-order valence-electron chi connectivity index (χ3n) is 3.32. The maximum Gasteiger partial charge on any atom is 0.254 e. The van der Waals surface area contributed by atoms with Gasteiger partial charge in [0, 0.05) is 29.8 Å². The molecule has 22 heavy (non-hydrogen) atoms. The van der Waals surface area contributed by atoms with Gasteiger partial charge >= 0.3 is 0 Å². The average molecular weight is 313 g/mol. The first-order valence-corrected chi connectivity index (χ1v) is 8.42. The molecule has 0 aliphatic heterocycles. The van der Waals surface area contributed by atoms with E-state index in [9.17, 15) is 0 Å². The second-order valence-electron chi connectivity index (χ2n) is 5.22. The number of hydrogen-bond acceptors (Lipinski definition) is 5. The zero-order valence-corrected chi connectivity index (χ0v) is 13.6. The molecule has 0 atom stereocenters. The van der Waals surface area contributed by atoms with Crippen LogP contribution in [0.4, 0.5) is 5.82 Å². The van der Waals surface area contributed by atoms with Crippen LogP contribution in [0.5, 0.6) is 0 Å². The van der Waals surface area contributed by atoms with Gasteiger partial charge in [-0.1, -0.05) is 29.8 Å². The van der Waals surface area contributed by atoms with Gasteiger partial charge < -0.3 is 5.32 Å². The molecule has 0 amide bonds. The molecule has 5 nitrogen and oxygen atoms in total. The Balaban J connectivity index is 1.50. The molecule has 1 N–H and O–H groups in total. The lowest BCUT2D eigenvalue weighted by Crippen LogP contribution is -2.10. The van der Waals surface area contributed by atoms with Crippen molar-refractivity contribution in [3.05, 3.63) is 53.5 Å². The Morgan fingerprint density at radius 3 is 2.82 bits per heavy atom.